The van der Waals surface area contributed by atoms with Gasteiger partial charge in [-0.3, -0.25) is 0 Å². The first-order chi connectivity index (χ1) is 14.5. The van der Waals surface area contributed by atoms with Gasteiger partial charge in [-0.25, -0.2) is 4.79 Å². The summed E-state index contributed by atoms with van der Waals surface area (Å²) in [5, 5.41) is 22.3. The molecule has 2 aromatic carbocycles. The van der Waals surface area contributed by atoms with Gasteiger partial charge in [0.15, 0.2) is 0 Å². The summed E-state index contributed by atoms with van der Waals surface area (Å²) in [6.07, 6.45) is 0.969. The third-order valence-electron chi connectivity index (χ3n) is 5.33. The van der Waals surface area contributed by atoms with E-state index in [0.717, 1.165) is 22.1 Å². The van der Waals surface area contributed by atoms with Crippen LogP contribution in [-0.4, -0.2) is 15.3 Å². The summed E-state index contributed by atoms with van der Waals surface area (Å²) < 4.78 is 11.0. The number of aliphatic hydroxyl groups is 1. The minimum Gasteiger partial charge on any atom is -0.423 e. The maximum atomic E-state index is 12.1. The van der Waals surface area contributed by atoms with Gasteiger partial charge in [-0.2, -0.15) is 0 Å². The van der Waals surface area contributed by atoms with Crippen LogP contribution in [0.2, 0.25) is 0 Å². The summed E-state index contributed by atoms with van der Waals surface area (Å²) in [6, 6.07) is 17.2. The second-order valence-electron chi connectivity index (χ2n) is 7.18. The molecule has 154 valence electrons. The summed E-state index contributed by atoms with van der Waals surface area (Å²) in [5.74, 6) is 0.201. The number of hydrogen-bond donors (Lipinski definition) is 2. The molecule has 0 radical (unpaired) electrons. The maximum Gasteiger partial charge on any atom is 0.336 e. The highest BCUT2D eigenvalue weighted by Gasteiger charge is 2.31. The molecule has 7 nitrogen and oxygen atoms in total. The van der Waals surface area contributed by atoms with Crippen molar-refractivity contribution in [2.24, 2.45) is 0 Å². The monoisotopic (exact) mass is 405 g/mol. The zero-order valence-electron chi connectivity index (χ0n) is 16.9. The first-order valence-electron chi connectivity index (χ1n) is 9.95. The van der Waals surface area contributed by atoms with E-state index in [4.69, 9.17) is 8.83 Å². The molecule has 0 fully saturated rings. The van der Waals surface area contributed by atoms with Crippen LogP contribution in [0.3, 0.4) is 0 Å². The van der Waals surface area contributed by atoms with Gasteiger partial charge in [0, 0.05) is 18.0 Å². The Bertz CT molecular complexity index is 1210. The molecule has 7 heteroatoms. The van der Waals surface area contributed by atoms with Crippen molar-refractivity contribution in [3.05, 3.63) is 76.5 Å². The van der Waals surface area contributed by atoms with Crippen LogP contribution in [0, 0.1) is 0 Å². The van der Waals surface area contributed by atoms with Crippen LogP contribution in [0.4, 0.5) is 6.01 Å². The third kappa shape index (κ3) is 3.84. The Kier molecular flexibility index (Phi) is 5.37. The molecule has 0 saturated heterocycles. The third-order valence-corrected chi connectivity index (χ3v) is 5.33. The van der Waals surface area contributed by atoms with Gasteiger partial charge >= 0.3 is 11.6 Å². The minimum atomic E-state index is -1.12. The van der Waals surface area contributed by atoms with Gasteiger partial charge in [0.25, 0.3) is 0 Å². The number of fused-ring (bicyclic) bond motifs is 1. The van der Waals surface area contributed by atoms with E-state index in [0.29, 0.717) is 25.0 Å². The Morgan fingerprint density at radius 1 is 1.00 bits per heavy atom. The van der Waals surface area contributed by atoms with Gasteiger partial charge in [0.2, 0.25) is 5.89 Å². The van der Waals surface area contributed by atoms with Gasteiger partial charge in [0.1, 0.15) is 11.2 Å². The minimum absolute atomic E-state index is 0.201. The van der Waals surface area contributed by atoms with E-state index in [1.54, 1.807) is 0 Å². The average molecular weight is 405 g/mol. The molecule has 4 aromatic rings. The van der Waals surface area contributed by atoms with E-state index in [1.807, 2.05) is 62.4 Å². The normalized spacial score (nSPS) is 11.7. The van der Waals surface area contributed by atoms with E-state index in [9.17, 15) is 9.90 Å². The Morgan fingerprint density at radius 2 is 1.77 bits per heavy atom. The number of anilines is 1. The molecule has 2 heterocycles. The fourth-order valence-electron chi connectivity index (χ4n) is 3.39. The summed E-state index contributed by atoms with van der Waals surface area (Å²) >= 11 is 0. The Balaban J connectivity index is 1.58. The molecule has 0 amide bonds. The standard InChI is InChI=1S/C23H23N3O4/c1-3-23(28,4-2)21-25-26-22(30-21)24-14-15-10-11-17-18(16-8-6-5-7-9-16)13-20(27)29-19(17)12-15/h5-13,28H,3-4,14H2,1-2H3,(H,24,26). The van der Waals surface area contributed by atoms with Gasteiger partial charge in [-0.1, -0.05) is 61.4 Å². The Morgan fingerprint density at radius 3 is 2.50 bits per heavy atom. The van der Waals surface area contributed by atoms with Crippen LogP contribution in [0.1, 0.15) is 38.1 Å². The predicted molar refractivity (Wildman–Crippen MR) is 114 cm³/mol. The molecule has 2 aromatic heterocycles. The Labute approximate surface area is 173 Å². The van der Waals surface area contributed by atoms with Crippen molar-refractivity contribution < 1.29 is 13.9 Å². The second-order valence-corrected chi connectivity index (χ2v) is 7.18. The van der Waals surface area contributed by atoms with E-state index in [1.165, 1.54) is 6.07 Å². The molecular formula is C23H23N3O4. The van der Waals surface area contributed by atoms with Crippen molar-refractivity contribution in [2.45, 2.75) is 38.8 Å². The molecule has 4 rings (SSSR count). The molecule has 0 unspecified atom stereocenters. The molecule has 2 N–H and O–H groups in total. The first kappa shape index (κ1) is 19.8. The topological polar surface area (TPSA) is 101 Å². The number of nitrogens with zero attached hydrogens (tertiary/aromatic N) is 2. The van der Waals surface area contributed by atoms with Crippen molar-refractivity contribution in [1.29, 1.82) is 0 Å². The van der Waals surface area contributed by atoms with Crippen molar-refractivity contribution in [3.63, 3.8) is 0 Å². The highest BCUT2D eigenvalue weighted by atomic mass is 16.4. The van der Waals surface area contributed by atoms with Crippen molar-refractivity contribution in [1.82, 2.24) is 10.2 Å². The van der Waals surface area contributed by atoms with Crippen LogP contribution >= 0.6 is 0 Å². The number of hydrogen-bond acceptors (Lipinski definition) is 7. The fourth-order valence-corrected chi connectivity index (χ4v) is 3.39. The molecule has 0 aliphatic carbocycles. The fraction of sp³-hybridized carbons (Fsp3) is 0.261. The lowest BCUT2D eigenvalue weighted by molar-refractivity contribution is 0.00206. The molecule has 0 aliphatic rings. The quantitative estimate of drug-likeness (QED) is 0.438. The first-order valence-corrected chi connectivity index (χ1v) is 9.95. The largest absolute Gasteiger partial charge is 0.423 e. The summed E-state index contributed by atoms with van der Waals surface area (Å²) in [7, 11) is 0. The lowest BCUT2D eigenvalue weighted by Gasteiger charge is -2.19. The summed E-state index contributed by atoms with van der Waals surface area (Å²) in [5.41, 5.74) is 1.68. The molecular weight excluding hydrogens is 382 g/mol. The lowest BCUT2D eigenvalue weighted by atomic mass is 9.98. The van der Waals surface area contributed by atoms with Crippen molar-refractivity contribution in [3.8, 4) is 11.1 Å². The number of aromatic nitrogens is 2. The zero-order valence-corrected chi connectivity index (χ0v) is 16.9. The number of benzene rings is 2. The number of nitrogens with one attached hydrogen (secondary N) is 1. The summed E-state index contributed by atoms with van der Waals surface area (Å²) in [4.78, 5) is 12.1. The average Bonchev–Trinajstić information content (AvgIpc) is 3.26. The molecule has 0 bridgehead atoms. The number of rotatable bonds is 7. The van der Waals surface area contributed by atoms with Gasteiger partial charge < -0.3 is 19.3 Å². The smallest absolute Gasteiger partial charge is 0.336 e. The predicted octanol–water partition coefficient (Wildman–Crippen LogP) is 4.46. The molecule has 30 heavy (non-hydrogen) atoms. The van der Waals surface area contributed by atoms with Crippen LogP contribution in [0.15, 0.2) is 68.2 Å². The zero-order chi connectivity index (χ0) is 21.1. The van der Waals surface area contributed by atoms with Gasteiger partial charge in [-0.15, -0.1) is 5.10 Å². The van der Waals surface area contributed by atoms with Crippen LogP contribution in [0.5, 0.6) is 0 Å². The maximum absolute atomic E-state index is 12.1. The van der Waals surface area contributed by atoms with Crippen LogP contribution in [-0.2, 0) is 12.1 Å². The highest BCUT2D eigenvalue weighted by molar-refractivity contribution is 5.93. The molecule has 0 aliphatic heterocycles. The second kappa shape index (κ2) is 8.12. The lowest BCUT2D eigenvalue weighted by Crippen LogP contribution is -2.23. The van der Waals surface area contributed by atoms with Crippen molar-refractivity contribution in [2.75, 3.05) is 5.32 Å². The highest BCUT2D eigenvalue weighted by Crippen LogP contribution is 2.29. The summed E-state index contributed by atoms with van der Waals surface area (Å²) in [6.45, 7) is 4.13. The Hall–Kier alpha value is -3.45. The van der Waals surface area contributed by atoms with Gasteiger partial charge in [0.05, 0.1) is 0 Å². The van der Waals surface area contributed by atoms with Crippen molar-refractivity contribution >= 4 is 17.0 Å². The van der Waals surface area contributed by atoms with Gasteiger partial charge in [-0.05, 0) is 35.6 Å². The van der Waals surface area contributed by atoms with E-state index in [-0.39, 0.29) is 11.9 Å². The van der Waals surface area contributed by atoms with Crippen LogP contribution < -0.4 is 10.9 Å². The molecule has 0 spiro atoms. The molecule has 0 atom stereocenters. The SMILES string of the molecule is CCC(O)(CC)c1nnc(NCc2ccc3c(-c4ccccc4)cc(=O)oc3c2)o1. The van der Waals surface area contributed by atoms with E-state index in [2.05, 4.69) is 15.5 Å². The molecule has 0 saturated carbocycles. The van der Waals surface area contributed by atoms with E-state index >= 15 is 0 Å². The van der Waals surface area contributed by atoms with Crippen LogP contribution in [0.25, 0.3) is 22.1 Å². The van der Waals surface area contributed by atoms with E-state index < -0.39 is 11.2 Å².